The minimum atomic E-state index is -4.64. The first-order valence-electron chi connectivity index (χ1n) is 13.8. The zero-order valence-corrected chi connectivity index (χ0v) is 27.2. The molecule has 1 aliphatic carbocycles. The first kappa shape index (κ1) is 32.6. The maximum Gasteiger partial charge on any atom is 0.295 e. The maximum atomic E-state index is 14.1. The normalized spacial score (nSPS) is 13.0. The number of carbonyl (C=O) groups excluding carboxylic acids is 2. The Morgan fingerprint density at radius 2 is 0.848 bits per heavy atom. The van der Waals surface area contributed by atoms with E-state index in [-0.39, 0.29) is 54.8 Å². The number of benzene rings is 4. The number of aryl methyl sites for hydroxylation is 4. The summed E-state index contributed by atoms with van der Waals surface area (Å²) >= 11 is 0. The van der Waals surface area contributed by atoms with E-state index in [1.54, 1.807) is 13.8 Å². The monoisotopic (exact) mass is 666 g/mol. The van der Waals surface area contributed by atoms with Crippen molar-refractivity contribution in [3.63, 3.8) is 0 Å². The van der Waals surface area contributed by atoms with Gasteiger partial charge in [-0.2, -0.15) is 16.8 Å². The molecular weight excluding hydrogens is 636 g/mol. The second kappa shape index (κ2) is 10.9. The van der Waals surface area contributed by atoms with E-state index in [4.69, 9.17) is 0 Å². The zero-order chi connectivity index (χ0) is 34.2. The Morgan fingerprint density at radius 1 is 0.522 bits per heavy atom. The molecule has 0 amide bonds. The van der Waals surface area contributed by atoms with Crippen LogP contribution < -0.4 is 10.6 Å². The van der Waals surface area contributed by atoms with Gasteiger partial charge in [-0.15, -0.1) is 0 Å². The second-order valence-corrected chi connectivity index (χ2v) is 14.0. The zero-order valence-electron chi connectivity index (χ0n) is 25.5. The molecule has 240 valence electrons. The molecule has 0 aliphatic heterocycles. The summed E-state index contributed by atoms with van der Waals surface area (Å²) in [6.45, 7) is 9.34. The molecule has 4 aromatic rings. The third-order valence-electron chi connectivity index (χ3n) is 8.11. The number of anilines is 4. The van der Waals surface area contributed by atoms with Crippen LogP contribution in [0.5, 0.6) is 11.5 Å². The van der Waals surface area contributed by atoms with Crippen LogP contribution in [0.15, 0.2) is 46.2 Å². The van der Waals surface area contributed by atoms with E-state index >= 15 is 0 Å². The molecule has 14 heteroatoms. The number of fused-ring (bicyclic) bond motifs is 2. The van der Waals surface area contributed by atoms with E-state index in [9.17, 15) is 45.7 Å². The van der Waals surface area contributed by atoms with Gasteiger partial charge < -0.3 is 20.8 Å². The van der Waals surface area contributed by atoms with E-state index in [1.165, 1.54) is 52.0 Å². The summed E-state index contributed by atoms with van der Waals surface area (Å²) in [4.78, 5) is 27.6. The molecule has 0 heterocycles. The Labute approximate surface area is 265 Å². The molecular formula is C32H30N2O10S2. The lowest BCUT2D eigenvalue weighted by molar-refractivity contribution is 0.0975. The molecule has 0 saturated heterocycles. The average molecular weight is 667 g/mol. The SMILES string of the molecule is Cc1cc(C)c(S(=O)(=O)O)c(C)c1Nc1ccc(Nc2c(C)cc(C)c(S(=O)(=O)O)c2C)c2c1C(=O)c1c(O)ccc(O)c1C2=O. The smallest absolute Gasteiger partial charge is 0.295 e. The Hall–Kier alpha value is -4.76. The van der Waals surface area contributed by atoms with Crippen molar-refractivity contribution >= 4 is 54.6 Å². The Bertz CT molecular complexity index is 2120. The van der Waals surface area contributed by atoms with Gasteiger partial charge in [0.15, 0.2) is 0 Å². The summed E-state index contributed by atoms with van der Waals surface area (Å²) in [5, 5.41) is 27.4. The van der Waals surface area contributed by atoms with Gasteiger partial charge >= 0.3 is 0 Å². The number of rotatable bonds is 6. The van der Waals surface area contributed by atoms with Crippen molar-refractivity contribution in [3.8, 4) is 11.5 Å². The van der Waals surface area contributed by atoms with Crippen molar-refractivity contribution in [2.75, 3.05) is 10.6 Å². The number of aromatic hydroxyl groups is 2. The number of phenolic OH excluding ortho intramolecular Hbond substituents is 2. The van der Waals surface area contributed by atoms with Crippen LogP contribution in [0.25, 0.3) is 0 Å². The van der Waals surface area contributed by atoms with Gasteiger partial charge in [-0.25, -0.2) is 0 Å². The van der Waals surface area contributed by atoms with Gasteiger partial charge in [-0.3, -0.25) is 18.7 Å². The number of ketones is 2. The Balaban J connectivity index is 1.80. The number of hydrogen-bond donors (Lipinski definition) is 6. The van der Waals surface area contributed by atoms with Gasteiger partial charge in [0.2, 0.25) is 11.6 Å². The number of phenols is 2. The predicted molar refractivity (Wildman–Crippen MR) is 171 cm³/mol. The van der Waals surface area contributed by atoms with Crippen LogP contribution in [-0.2, 0) is 20.2 Å². The summed E-state index contributed by atoms with van der Waals surface area (Å²) in [5.74, 6) is -2.78. The van der Waals surface area contributed by atoms with E-state index in [1.807, 2.05) is 0 Å². The summed E-state index contributed by atoms with van der Waals surface area (Å²) in [5.41, 5.74) is 1.19. The maximum absolute atomic E-state index is 14.1. The highest BCUT2D eigenvalue weighted by molar-refractivity contribution is 7.86. The summed E-state index contributed by atoms with van der Waals surface area (Å²) in [6.07, 6.45) is 0. The highest BCUT2D eigenvalue weighted by Crippen LogP contribution is 2.45. The molecule has 5 rings (SSSR count). The van der Waals surface area contributed by atoms with Gasteiger partial charge in [0.05, 0.1) is 33.6 Å². The Morgan fingerprint density at radius 3 is 1.15 bits per heavy atom. The van der Waals surface area contributed by atoms with Crippen LogP contribution in [0.4, 0.5) is 22.7 Å². The standard InChI is InChI=1S/C32H30N2O10S2/c1-13-11-15(3)31(45(39,40)41)17(5)27(13)33-19-7-8-20(34-28-14(2)12-16(4)32(18(28)6)46(42,43)44)24-23(19)29(37)25-21(35)9-10-22(36)26(25)30(24)38/h7-12,33-36H,1-6H3,(H,39,40,41)(H,42,43,44). The minimum absolute atomic E-state index is 0.0413. The number of hydrogen-bond acceptors (Lipinski definition) is 10. The van der Waals surface area contributed by atoms with Gasteiger partial charge in [-0.05, 0) is 99.2 Å². The molecule has 4 aromatic carbocycles. The summed E-state index contributed by atoms with van der Waals surface area (Å²) < 4.78 is 68.7. The van der Waals surface area contributed by atoms with Crippen molar-refractivity contribution in [2.24, 2.45) is 0 Å². The largest absolute Gasteiger partial charge is 0.507 e. The molecule has 0 bridgehead atoms. The highest BCUT2D eigenvalue weighted by Gasteiger charge is 2.38. The van der Waals surface area contributed by atoms with Crippen molar-refractivity contribution in [1.82, 2.24) is 0 Å². The highest BCUT2D eigenvalue weighted by atomic mass is 32.2. The average Bonchev–Trinajstić information content (AvgIpc) is 2.91. The van der Waals surface area contributed by atoms with Crippen LogP contribution in [-0.4, -0.2) is 47.7 Å². The third-order valence-corrected chi connectivity index (χ3v) is 10.4. The first-order chi connectivity index (χ1) is 21.2. The van der Waals surface area contributed by atoms with Crippen LogP contribution in [0.1, 0.15) is 65.2 Å². The van der Waals surface area contributed by atoms with Crippen molar-refractivity contribution < 1.29 is 45.7 Å². The molecule has 0 saturated carbocycles. The lowest BCUT2D eigenvalue weighted by atomic mass is 9.81. The molecule has 0 fully saturated rings. The van der Waals surface area contributed by atoms with Crippen LogP contribution in [0.2, 0.25) is 0 Å². The Kier molecular flexibility index (Phi) is 7.76. The molecule has 0 spiro atoms. The molecule has 0 unspecified atom stereocenters. The third kappa shape index (κ3) is 5.18. The summed E-state index contributed by atoms with van der Waals surface area (Å²) in [7, 11) is -9.28. The molecule has 0 radical (unpaired) electrons. The molecule has 12 nitrogen and oxygen atoms in total. The van der Waals surface area contributed by atoms with Crippen LogP contribution in [0, 0.1) is 41.5 Å². The number of carbonyl (C=O) groups is 2. The quantitative estimate of drug-likeness (QED) is 0.0952. The van der Waals surface area contributed by atoms with Gasteiger partial charge in [0, 0.05) is 11.4 Å². The van der Waals surface area contributed by atoms with Crippen LogP contribution >= 0.6 is 0 Å². The van der Waals surface area contributed by atoms with Crippen molar-refractivity contribution in [3.05, 3.63) is 92.0 Å². The molecule has 6 N–H and O–H groups in total. The molecule has 0 atom stereocenters. The molecule has 46 heavy (non-hydrogen) atoms. The predicted octanol–water partition coefficient (Wildman–Crippen LogP) is 5.70. The van der Waals surface area contributed by atoms with Crippen molar-refractivity contribution in [1.29, 1.82) is 0 Å². The minimum Gasteiger partial charge on any atom is -0.507 e. The second-order valence-electron chi connectivity index (χ2n) is 11.3. The summed E-state index contributed by atoms with van der Waals surface area (Å²) in [6, 6.07) is 8.08. The fourth-order valence-corrected chi connectivity index (χ4v) is 8.27. The first-order valence-corrected chi connectivity index (χ1v) is 16.7. The van der Waals surface area contributed by atoms with E-state index in [0.29, 0.717) is 22.3 Å². The fraction of sp³-hybridized carbons (Fsp3) is 0.188. The van der Waals surface area contributed by atoms with E-state index in [0.717, 1.165) is 12.1 Å². The number of nitrogens with one attached hydrogen (secondary N) is 2. The fourth-order valence-electron chi connectivity index (χ4n) is 6.36. The van der Waals surface area contributed by atoms with Crippen molar-refractivity contribution in [2.45, 2.75) is 51.3 Å². The van der Waals surface area contributed by atoms with E-state index < -0.39 is 54.4 Å². The van der Waals surface area contributed by atoms with Gasteiger partial charge in [0.1, 0.15) is 21.3 Å². The lowest BCUT2D eigenvalue weighted by Crippen LogP contribution is -2.24. The van der Waals surface area contributed by atoms with Gasteiger partial charge in [0.25, 0.3) is 20.2 Å². The topological polar surface area (TPSA) is 207 Å². The lowest BCUT2D eigenvalue weighted by Gasteiger charge is -2.26. The molecule has 1 aliphatic rings. The van der Waals surface area contributed by atoms with E-state index in [2.05, 4.69) is 10.6 Å². The van der Waals surface area contributed by atoms with Gasteiger partial charge in [-0.1, -0.05) is 12.1 Å². The van der Waals surface area contributed by atoms with Crippen LogP contribution in [0.3, 0.4) is 0 Å². The molecule has 0 aromatic heterocycles.